The van der Waals surface area contributed by atoms with Gasteiger partial charge in [0.15, 0.2) is 11.5 Å². The second-order valence-corrected chi connectivity index (χ2v) is 13.6. The van der Waals surface area contributed by atoms with Crippen LogP contribution in [0, 0.1) is 6.92 Å². The van der Waals surface area contributed by atoms with Gasteiger partial charge in [-0.25, -0.2) is 8.42 Å². The molecule has 11 heteroatoms. The Hall–Kier alpha value is -4.54. The van der Waals surface area contributed by atoms with Crippen molar-refractivity contribution in [3.63, 3.8) is 0 Å². The summed E-state index contributed by atoms with van der Waals surface area (Å²) in [6.45, 7) is 3.75. The number of rotatable bonds is 16. The van der Waals surface area contributed by atoms with Crippen molar-refractivity contribution in [2.75, 3.05) is 31.6 Å². The van der Waals surface area contributed by atoms with Crippen LogP contribution in [0.5, 0.6) is 11.5 Å². The number of halogens is 1. The van der Waals surface area contributed by atoms with Crippen LogP contribution in [0.1, 0.15) is 36.5 Å². The molecule has 1 atom stereocenters. The van der Waals surface area contributed by atoms with Crippen LogP contribution in [0.15, 0.2) is 102 Å². The van der Waals surface area contributed by atoms with E-state index in [1.165, 1.54) is 37.3 Å². The maximum Gasteiger partial charge on any atom is 0.264 e. The van der Waals surface area contributed by atoms with Crippen LogP contribution in [-0.4, -0.2) is 58.5 Å². The average molecular weight is 692 g/mol. The maximum atomic E-state index is 14.6. The first-order valence-electron chi connectivity index (χ1n) is 15.7. The first-order chi connectivity index (χ1) is 23.1. The molecule has 0 aliphatic heterocycles. The number of carbonyl (C=O) groups excluding carboxylic acids is 2. The van der Waals surface area contributed by atoms with E-state index in [0.29, 0.717) is 22.9 Å². The number of carbonyl (C=O) groups is 2. The van der Waals surface area contributed by atoms with Crippen molar-refractivity contribution < 1.29 is 27.5 Å². The molecule has 0 aliphatic carbocycles. The number of unbranched alkanes of at least 4 members (excludes halogenated alkanes) is 1. The monoisotopic (exact) mass is 691 g/mol. The summed E-state index contributed by atoms with van der Waals surface area (Å²) in [4.78, 5) is 29.9. The molecular weight excluding hydrogens is 650 g/mol. The van der Waals surface area contributed by atoms with Crippen LogP contribution in [0.4, 0.5) is 5.69 Å². The normalized spacial score (nSPS) is 11.8. The standard InChI is InChI=1S/C37H42ClN3O6S/c1-5-6-22-39-37(43)33(23-28-12-8-7-9-13-28)40(25-29-14-10-11-15-32(29)38)36(42)26-41(30-18-16-27(2)17-19-30)48(44,45)31-20-21-34(46-3)35(24-31)47-4/h7-21,24,33H,5-6,22-23,25-26H2,1-4H3,(H,39,43)/t33-/m0/s1. The molecule has 0 saturated carbocycles. The van der Waals surface area contributed by atoms with Gasteiger partial charge in [-0.1, -0.05) is 91.2 Å². The van der Waals surface area contributed by atoms with Crippen molar-refractivity contribution in [2.24, 2.45) is 0 Å². The Kier molecular flexibility index (Phi) is 12.9. The van der Waals surface area contributed by atoms with Gasteiger partial charge in [0.25, 0.3) is 10.0 Å². The quantitative estimate of drug-likeness (QED) is 0.136. The Morgan fingerprint density at radius 3 is 2.19 bits per heavy atom. The first kappa shape index (κ1) is 36.3. The molecule has 0 spiro atoms. The average Bonchev–Trinajstić information content (AvgIpc) is 3.09. The molecule has 254 valence electrons. The van der Waals surface area contributed by atoms with E-state index < -0.39 is 28.5 Å². The Labute approximate surface area is 288 Å². The Bertz CT molecular complexity index is 1780. The molecule has 0 fully saturated rings. The van der Waals surface area contributed by atoms with Gasteiger partial charge in [0.1, 0.15) is 12.6 Å². The van der Waals surface area contributed by atoms with Crippen LogP contribution >= 0.6 is 11.6 Å². The van der Waals surface area contributed by atoms with E-state index in [0.717, 1.165) is 28.3 Å². The Balaban J connectivity index is 1.82. The van der Waals surface area contributed by atoms with E-state index in [2.05, 4.69) is 5.32 Å². The highest BCUT2D eigenvalue weighted by Crippen LogP contribution is 2.33. The first-order valence-corrected chi connectivity index (χ1v) is 17.6. The molecule has 9 nitrogen and oxygen atoms in total. The fourth-order valence-corrected chi connectivity index (χ4v) is 6.84. The molecule has 48 heavy (non-hydrogen) atoms. The smallest absolute Gasteiger partial charge is 0.264 e. The third-order valence-electron chi connectivity index (χ3n) is 7.94. The molecule has 2 amide bonds. The number of amides is 2. The Morgan fingerprint density at radius 2 is 1.54 bits per heavy atom. The molecule has 0 saturated heterocycles. The lowest BCUT2D eigenvalue weighted by Crippen LogP contribution is -2.53. The number of nitrogens with one attached hydrogen (secondary N) is 1. The van der Waals surface area contributed by atoms with Gasteiger partial charge in [-0.3, -0.25) is 13.9 Å². The van der Waals surface area contributed by atoms with Crippen LogP contribution in [0.2, 0.25) is 5.02 Å². The highest BCUT2D eigenvalue weighted by atomic mass is 35.5. The highest BCUT2D eigenvalue weighted by molar-refractivity contribution is 7.92. The van der Waals surface area contributed by atoms with Crippen LogP contribution in [-0.2, 0) is 32.6 Å². The Morgan fingerprint density at radius 1 is 0.875 bits per heavy atom. The topological polar surface area (TPSA) is 105 Å². The van der Waals surface area contributed by atoms with Crippen LogP contribution in [0.3, 0.4) is 0 Å². The third kappa shape index (κ3) is 9.08. The lowest BCUT2D eigenvalue weighted by Gasteiger charge is -2.34. The van der Waals surface area contributed by atoms with Crippen molar-refractivity contribution in [1.82, 2.24) is 10.2 Å². The number of hydrogen-bond donors (Lipinski definition) is 1. The summed E-state index contributed by atoms with van der Waals surface area (Å²) in [6, 6.07) is 26.7. The number of methoxy groups -OCH3 is 2. The predicted octanol–water partition coefficient (Wildman–Crippen LogP) is 6.42. The number of hydrogen-bond acceptors (Lipinski definition) is 6. The number of aryl methyl sites for hydroxylation is 1. The second kappa shape index (κ2) is 17.0. The molecule has 0 unspecified atom stereocenters. The van der Waals surface area contributed by atoms with Gasteiger partial charge in [-0.05, 0) is 54.8 Å². The minimum atomic E-state index is -4.33. The van der Waals surface area contributed by atoms with Crippen LogP contribution < -0.4 is 19.1 Å². The molecule has 0 aliphatic rings. The van der Waals surface area contributed by atoms with E-state index in [-0.39, 0.29) is 35.2 Å². The summed E-state index contributed by atoms with van der Waals surface area (Å²) in [6.07, 6.45) is 1.86. The van der Waals surface area contributed by atoms with E-state index in [4.69, 9.17) is 21.1 Å². The summed E-state index contributed by atoms with van der Waals surface area (Å²) < 4.78 is 40.5. The van der Waals surface area contributed by atoms with Crippen molar-refractivity contribution >= 4 is 39.1 Å². The fourth-order valence-electron chi connectivity index (χ4n) is 5.21. The zero-order valence-electron chi connectivity index (χ0n) is 27.7. The lowest BCUT2D eigenvalue weighted by molar-refractivity contribution is -0.140. The number of benzene rings is 4. The van der Waals surface area contributed by atoms with E-state index in [9.17, 15) is 18.0 Å². The van der Waals surface area contributed by atoms with Gasteiger partial charge < -0.3 is 19.7 Å². The minimum absolute atomic E-state index is 0.0185. The van der Waals surface area contributed by atoms with Gasteiger partial charge in [-0.2, -0.15) is 0 Å². The summed E-state index contributed by atoms with van der Waals surface area (Å²) in [5.41, 5.74) is 2.67. The summed E-state index contributed by atoms with van der Waals surface area (Å²) in [7, 11) is -1.46. The molecule has 1 N–H and O–H groups in total. The summed E-state index contributed by atoms with van der Waals surface area (Å²) >= 11 is 6.58. The second-order valence-electron chi connectivity index (χ2n) is 11.3. The molecular formula is C37H42ClN3O6S. The minimum Gasteiger partial charge on any atom is -0.493 e. The molecule has 0 heterocycles. The summed E-state index contributed by atoms with van der Waals surface area (Å²) in [5, 5.41) is 3.41. The molecule has 0 radical (unpaired) electrons. The van der Waals surface area contributed by atoms with Crippen molar-refractivity contribution in [3.05, 3.63) is 119 Å². The van der Waals surface area contributed by atoms with E-state index >= 15 is 0 Å². The molecule has 4 aromatic carbocycles. The number of anilines is 1. The van der Waals surface area contributed by atoms with Crippen LogP contribution in [0.25, 0.3) is 0 Å². The fraction of sp³-hybridized carbons (Fsp3) is 0.297. The number of nitrogens with zero attached hydrogens (tertiary/aromatic N) is 2. The van der Waals surface area contributed by atoms with Gasteiger partial charge in [-0.15, -0.1) is 0 Å². The molecule has 4 rings (SSSR count). The maximum absolute atomic E-state index is 14.6. The lowest BCUT2D eigenvalue weighted by atomic mass is 10.0. The molecule has 4 aromatic rings. The van der Waals surface area contributed by atoms with Crippen molar-refractivity contribution in [2.45, 2.75) is 50.6 Å². The zero-order valence-corrected chi connectivity index (χ0v) is 29.3. The SMILES string of the molecule is CCCCNC(=O)[C@H](Cc1ccccc1)N(Cc1ccccc1Cl)C(=O)CN(c1ccc(C)cc1)S(=O)(=O)c1ccc(OC)c(OC)c1. The van der Waals surface area contributed by atoms with Crippen molar-refractivity contribution in [3.8, 4) is 11.5 Å². The van der Waals surface area contributed by atoms with Gasteiger partial charge in [0.2, 0.25) is 11.8 Å². The predicted molar refractivity (Wildman–Crippen MR) is 189 cm³/mol. The number of ether oxygens (including phenoxy) is 2. The van der Waals surface area contributed by atoms with Crippen molar-refractivity contribution in [1.29, 1.82) is 0 Å². The van der Waals surface area contributed by atoms with Gasteiger partial charge >= 0.3 is 0 Å². The largest absolute Gasteiger partial charge is 0.493 e. The van der Waals surface area contributed by atoms with Gasteiger partial charge in [0.05, 0.1) is 24.8 Å². The number of sulfonamides is 1. The molecule has 0 bridgehead atoms. The van der Waals surface area contributed by atoms with E-state index in [1.54, 1.807) is 48.5 Å². The molecule has 0 aromatic heterocycles. The van der Waals surface area contributed by atoms with Gasteiger partial charge in [0, 0.05) is 30.6 Å². The van der Waals surface area contributed by atoms with E-state index in [1.807, 2.05) is 44.2 Å². The third-order valence-corrected chi connectivity index (χ3v) is 10.1. The zero-order chi connectivity index (χ0) is 34.7. The summed E-state index contributed by atoms with van der Waals surface area (Å²) in [5.74, 6) is -0.331. The highest BCUT2D eigenvalue weighted by Gasteiger charge is 2.35.